The van der Waals surface area contributed by atoms with Crippen molar-refractivity contribution in [2.45, 2.75) is 23.8 Å². The minimum atomic E-state index is 0.352. The van der Waals surface area contributed by atoms with Crippen LogP contribution >= 0.6 is 15.9 Å². The van der Waals surface area contributed by atoms with Crippen molar-refractivity contribution in [2.75, 3.05) is 0 Å². The summed E-state index contributed by atoms with van der Waals surface area (Å²) in [4.78, 5) is 0.623. The van der Waals surface area contributed by atoms with Gasteiger partial charge in [-0.15, -0.1) is 0 Å². The van der Waals surface area contributed by atoms with Crippen molar-refractivity contribution in [2.24, 2.45) is 0 Å². The molecule has 0 spiro atoms. The smallest absolute Gasteiger partial charge is 0.127 e. The number of rotatable bonds is 4. The molecular formula is C16H15BrO2. The lowest BCUT2D eigenvalue weighted by molar-refractivity contribution is 0.128. The molecule has 0 amide bonds. The second-order valence-electron chi connectivity index (χ2n) is 4.70. The first-order valence-corrected chi connectivity index (χ1v) is 7.35. The van der Waals surface area contributed by atoms with Gasteiger partial charge in [0.05, 0.1) is 0 Å². The second-order valence-corrected chi connectivity index (χ2v) is 5.99. The highest BCUT2D eigenvalue weighted by Gasteiger charge is 2.28. The number of para-hydroxylation sites is 1. The summed E-state index contributed by atoms with van der Waals surface area (Å²) in [6.45, 7) is 0. The van der Waals surface area contributed by atoms with Crippen molar-refractivity contribution in [3.8, 4) is 17.2 Å². The third kappa shape index (κ3) is 3.29. The normalized spacial score (nSPS) is 21.5. The Morgan fingerprint density at radius 1 is 0.789 bits per heavy atom. The van der Waals surface area contributed by atoms with Crippen LogP contribution in [-0.4, -0.2) is 10.9 Å². The van der Waals surface area contributed by atoms with Gasteiger partial charge in [0.25, 0.3) is 0 Å². The fourth-order valence-electron chi connectivity index (χ4n) is 2.00. The molecule has 0 heterocycles. The number of halogens is 1. The largest absolute Gasteiger partial charge is 0.490 e. The molecule has 0 N–H and O–H groups in total. The third-order valence-electron chi connectivity index (χ3n) is 3.14. The van der Waals surface area contributed by atoms with Gasteiger partial charge in [-0.25, -0.2) is 0 Å². The number of hydrogen-bond donors (Lipinski definition) is 0. The van der Waals surface area contributed by atoms with Crippen LogP contribution in [0.15, 0.2) is 54.6 Å². The summed E-state index contributed by atoms with van der Waals surface area (Å²) in [5, 5.41) is 0. The van der Waals surface area contributed by atoms with Gasteiger partial charge in [-0.1, -0.05) is 34.1 Å². The maximum absolute atomic E-state index is 5.84. The van der Waals surface area contributed by atoms with E-state index in [-0.39, 0.29) is 0 Å². The van der Waals surface area contributed by atoms with Crippen molar-refractivity contribution < 1.29 is 9.47 Å². The number of alkyl halides is 1. The van der Waals surface area contributed by atoms with E-state index in [0.717, 1.165) is 30.1 Å². The van der Waals surface area contributed by atoms with E-state index in [2.05, 4.69) is 15.9 Å². The monoisotopic (exact) mass is 318 g/mol. The minimum Gasteiger partial charge on any atom is -0.490 e. The fraction of sp³-hybridized carbons (Fsp3) is 0.250. The highest BCUT2D eigenvalue weighted by Crippen LogP contribution is 2.32. The molecule has 2 aromatic carbocycles. The van der Waals surface area contributed by atoms with E-state index in [9.17, 15) is 0 Å². The van der Waals surface area contributed by atoms with Crippen molar-refractivity contribution in [1.29, 1.82) is 0 Å². The van der Waals surface area contributed by atoms with Gasteiger partial charge in [-0.2, -0.15) is 0 Å². The van der Waals surface area contributed by atoms with Crippen LogP contribution in [0.2, 0.25) is 0 Å². The van der Waals surface area contributed by atoms with E-state index in [0.29, 0.717) is 10.9 Å². The van der Waals surface area contributed by atoms with Crippen LogP contribution in [0.3, 0.4) is 0 Å². The summed E-state index contributed by atoms with van der Waals surface area (Å²) >= 11 is 3.56. The molecule has 2 aromatic rings. The Balaban J connectivity index is 1.59. The summed E-state index contributed by atoms with van der Waals surface area (Å²) in [7, 11) is 0. The zero-order valence-corrected chi connectivity index (χ0v) is 12.0. The summed E-state index contributed by atoms with van der Waals surface area (Å²) in [6, 6.07) is 17.6. The van der Waals surface area contributed by atoms with E-state index < -0.39 is 0 Å². The summed E-state index contributed by atoms with van der Waals surface area (Å²) in [5.74, 6) is 2.58. The Morgan fingerprint density at radius 2 is 1.37 bits per heavy atom. The van der Waals surface area contributed by atoms with E-state index in [1.54, 1.807) is 0 Å². The molecule has 3 heteroatoms. The standard InChI is InChI=1S/C16H15BrO2/c17-12-10-16(11-12)19-15-8-6-14(7-9-15)18-13-4-2-1-3-5-13/h1-9,12,16H,10-11H2. The number of benzene rings is 2. The van der Waals surface area contributed by atoms with Crippen molar-refractivity contribution >= 4 is 15.9 Å². The average molecular weight is 319 g/mol. The molecule has 1 saturated carbocycles. The SMILES string of the molecule is BrC1CC(Oc2ccc(Oc3ccccc3)cc2)C1. The highest BCUT2D eigenvalue weighted by molar-refractivity contribution is 9.09. The molecule has 2 nitrogen and oxygen atoms in total. The van der Waals surface area contributed by atoms with Gasteiger partial charge in [0, 0.05) is 4.83 Å². The second kappa shape index (κ2) is 5.66. The number of hydrogen-bond acceptors (Lipinski definition) is 2. The first-order valence-electron chi connectivity index (χ1n) is 6.43. The Kier molecular flexibility index (Phi) is 3.74. The molecule has 0 atom stereocenters. The Hall–Kier alpha value is -1.48. The van der Waals surface area contributed by atoms with E-state index in [4.69, 9.17) is 9.47 Å². The van der Waals surface area contributed by atoms with E-state index in [1.807, 2.05) is 54.6 Å². The lowest BCUT2D eigenvalue weighted by Crippen LogP contribution is -2.33. The molecular weight excluding hydrogens is 304 g/mol. The summed E-state index contributed by atoms with van der Waals surface area (Å²) in [6.07, 6.45) is 2.52. The molecule has 98 valence electrons. The number of ether oxygens (including phenoxy) is 2. The van der Waals surface area contributed by atoms with Crippen molar-refractivity contribution in [3.63, 3.8) is 0 Å². The fourth-order valence-corrected chi connectivity index (χ4v) is 2.83. The molecule has 0 radical (unpaired) electrons. The molecule has 0 bridgehead atoms. The van der Waals surface area contributed by atoms with Crippen molar-refractivity contribution in [3.05, 3.63) is 54.6 Å². The maximum Gasteiger partial charge on any atom is 0.127 e. The van der Waals surface area contributed by atoms with Crippen molar-refractivity contribution in [1.82, 2.24) is 0 Å². The first-order chi connectivity index (χ1) is 9.29. The molecule has 1 aliphatic rings. The Bertz CT molecular complexity index is 518. The molecule has 0 aromatic heterocycles. The predicted octanol–water partition coefficient (Wildman–Crippen LogP) is 4.78. The Morgan fingerprint density at radius 3 is 2.00 bits per heavy atom. The molecule has 0 aliphatic heterocycles. The van der Waals surface area contributed by atoms with Crippen LogP contribution < -0.4 is 9.47 Å². The quantitative estimate of drug-likeness (QED) is 0.755. The van der Waals surface area contributed by atoms with Crippen LogP contribution in [0.25, 0.3) is 0 Å². The molecule has 3 rings (SSSR count). The lowest BCUT2D eigenvalue weighted by atomic mass is 9.96. The van der Waals surface area contributed by atoms with Gasteiger partial charge in [-0.3, -0.25) is 0 Å². The van der Waals surface area contributed by atoms with Crippen LogP contribution in [0.1, 0.15) is 12.8 Å². The topological polar surface area (TPSA) is 18.5 Å². The molecule has 0 saturated heterocycles. The third-order valence-corrected chi connectivity index (χ3v) is 3.89. The van der Waals surface area contributed by atoms with Gasteiger partial charge in [0.15, 0.2) is 0 Å². The van der Waals surface area contributed by atoms with Gasteiger partial charge >= 0.3 is 0 Å². The summed E-state index contributed by atoms with van der Waals surface area (Å²) in [5.41, 5.74) is 0. The van der Waals surface area contributed by atoms with Gasteiger partial charge in [0.1, 0.15) is 23.4 Å². The van der Waals surface area contributed by atoms with E-state index in [1.165, 1.54) is 0 Å². The zero-order valence-electron chi connectivity index (χ0n) is 10.5. The molecule has 1 aliphatic carbocycles. The molecule has 0 unspecified atom stereocenters. The maximum atomic E-state index is 5.84. The summed E-state index contributed by atoms with van der Waals surface area (Å²) < 4.78 is 11.6. The van der Waals surface area contributed by atoms with E-state index >= 15 is 0 Å². The van der Waals surface area contributed by atoms with Crippen LogP contribution in [-0.2, 0) is 0 Å². The Labute approximate surface area is 121 Å². The first kappa shape index (κ1) is 12.5. The highest BCUT2D eigenvalue weighted by atomic mass is 79.9. The molecule has 1 fully saturated rings. The van der Waals surface area contributed by atoms with Gasteiger partial charge in [0.2, 0.25) is 0 Å². The predicted molar refractivity (Wildman–Crippen MR) is 79.3 cm³/mol. The average Bonchev–Trinajstić information content (AvgIpc) is 2.40. The van der Waals surface area contributed by atoms with Crippen LogP contribution in [0.4, 0.5) is 0 Å². The zero-order chi connectivity index (χ0) is 13.1. The molecule has 19 heavy (non-hydrogen) atoms. The van der Waals surface area contributed by atoms with Gasteiger partial charge < -0.3 is 9.47 Å². The lowest BCUT2D eigenvalue weighted by Gasteiger charge is -2.31. The van der Waals surface area contributed by atoms with Crippen LogP contribution in [0, 0.1) is 0 Å². The minimum absolute atomic E-state index is 0.352. The van der Waals surface area contributed by atoms with Crippen LogP contribution in [0.5, 0.6) is 17.2 Å². The van der Waals surface area contributed by atoms with Gasteiger partial charge in [-0.05, 0) is 49.2 Å².